The average molecular weight is 284 g/mol. The van der Waals surface area contributed by atoms with Gasteiger partial charge in [0.1, 0.15) is 0 Å². The van der Waals surface area contributed by atoms with Crippen LogP contribution in [0.4, 0.5) is 0 Å². The molecule has 0 saturated heterocycles. The van der Waals surface area contributed by atoms with Gasteiger partial charge in [-0.15, -0.1) is 0 Å². The molecule has 0 atom stereocenters. The van der Waals surface area contributed by atoms with Gasteiger partial charge in [-0.2, -0.15) is 0 Å². The van der Waals surface area contributed by atoms with E-state index in [1.807, 2.05) is 6.08 Å². The topological polar surface area (TPSA) is 61.4 Å². The molecule has 0 aromatic rings. The van der Waals surface area contributed by atoms with Gasteiger partial charge in [0.25, 0.3) is 0 Å². The standard InChI is InChI=1S/C16H32N2O2/c1-2-3-9-12-16(20)18-15-17-13-10-7-5-4-6-8-11-14-19/h9,12,17,19H,2-8,10-11,13-15H2,1H3,(H,18,20)/b12-9+. The van der Waals surface area contributed by atoms with Crippen molar-refractivity contribution >= 4 is 5.91 Å². The quantitative estimate of drug-likeness (QED) is 0.261. The van der Waals surface area contributed by atoms with Gasteiger partial charge < -0.3 is 10.4 Å². The molecule has 0 radical (unpaired) electrons. The molecule has 0 bridgehead atoms. The van der Waals surface area contributed by atoms with Crippen LogP contribution in [0.25, 0.3) is 0 Å². The Morgan fingerprint density at radius 1 is 1.05 bits per heavy atom. The molecule has 0 aliphatic carbocycles. The molecule has 0 fully saturated rings. The summed E-state index contributed by atoms with van der Waals surface area (Å²) in [5.74, 6) is -0.0187. The van der Waals surface area contributed by atoms with Crippen LogP contribution in [0, 0.1) is 0 Å². The molecule has 1 amide bonds. The van der Waals surface area contributed by atoms with Gasteiger partial charge in [0.15, 0.2) is 0 Å². The van der Waals surface area contributed by atoms with E-state index in [-0.39, 0.29) is 5.91 Å². The summed E-state index contributed by atoms with van der Waals surface area (Å²) in [6.45, 7) is 3.92. The minimum absolute atomic E-state index is 0.0187. The summed E-state index contributed by atoms with van der Waals surface area (Å²) < 4.78 is 0. The number of rotatable bonds is 14. The number of allylic oxidation sites excluding steroid dienone is 1. The van der Waals surface area contributed by atoms with Gasteiger partial charge in [0.2, 0.25) is 5.91 Å². The Bertz CT molecular complexity index is 243. The second-order valence-electron chi connectivity index (χ2n) is 5.11. The van der Waals surface area contributed by atoms with E-state index in [9.17, 15) is 4.79 Å². The molecule has 0 heterocycles. The first-order valence-corrected chi connectivity index (χ1v) is 8.07. The molecule has 0 aliphatic rings. The lowest BCUT2D eigenvalue weighted by Gasteiger charge is -2.05. The number of amides is 1. The summed E-state index contributed by atoms with van der Waals surface area (Å²) in [5.41, 5.74) is 0. The Morgan fingerprint density at radius 2 is 1.70 bits per heavy atom. The SMILES string of the molecule is CCC/C=C/C(=O)NCNCCCCCCCCCO. The first-order chi connectivity index (χ1) is 9.81. The van der Waals surface area contributed by atoms with E-state index < -0.39 is 0 Å². The van der Waals surface area contributed by atoms with E-state index >= 15 is 0 Å². The number of hydrogen-bond donors (Lipinski definition) is 3. The second-order valence-corrected chi connectivity index (χ2v) is 5.11. The van der Waals surface area contributed by atoms with Crippen molar-refractivity contribution in [2.24, 2.45) is 0 Å². The molecule has 118 valence electrons. The lowest BCUT2D eigenvalue weighted by Crippen LogP contribution is -2.33. The fourth-order valence-corrected chi connectivity index (χ4v) is 1.90. The number of aliphatic hydroxyl groups excluding tert-OH is 1. The van der Waals surface area contributed by atoms with Gasteiger partial charge in [-0.05, 0) is 31.9 Å². The molecule has 0 aromatic heterocycles. The summed E-state index contributed by atoms with van der Waals surface area (Å²) >= 11 is 0. The molecular formula is C16H32N2O2. The third kappa shape index (κ3) is 15.2. The van der Waals surface area contributed by atoms with Crippen LogP contribution < -0.4 is 10.6 Å². The largest absolute Gasteiger partial charge is 0.396 e. The van der Waals surface area contributed by atoms with Crippen LogP contribution in [0.1, 0.15) is 64.7 Å². The molecule has 0 rings (SSSR count). The van der Waals surface area contributed by atoms with Crippen LogP contribution in [-0.2, 0) is 4.79 Å². The van der Waals surface area contributed by atoms with Crippen molar-refractivity contribution in [3.63, 3.8) is 0 Å². The number of hydrogen-bond acceptors (Lipinski definition) is 3. The van der Waals surface area contributed by atoms with Gasteiger partial charge >= 0.3 is 0 Å². The first-order valence-electron chi connectivity index (χ1n) is 8.07. The monoisotopic (exact) mass is 284 g/mol. The maximum Gasteiger partial charge on any atom is 0.244 e. The van der Waals surface area contributed by atoms with Crippen LogP contribution in [0.15, 0.2) is 12.2 Å². The maximum atomic E-state index is 11.3. The molecule has 20 heavy (non-hydrogen) atoms. The van der Waals surface area contributed by atoms with E-state index in [4.69, 9.17) is 5.11 Å². The Kier molecular flexibility index (Phi) is 15.5. The van der Waals surface area contributed by atoms with Gasteiger partial charge in [0, 0.05) is 6.61 Å². The van der Waals surface area contributed by atoms with Gasteiger partial charge in [0.05, 0.1) is 6.67 Å². The maximum absolute atomic E-state index is 11.3. The van der Waals surface area contributed by atoms with Crippen LogP contribution in [-0.4, -0.2) is 30.8 Å². The fraction of sp³-hybridized carbons (Fsp3) is 0.812. The summed E-state index contributed by atoms with van der Waals surface area (Å²) in [4.78, 5) is 11.3. The Labute approximate surface area is 124 Å². The number of aliphatic hydroxyl groups is 1. The third-order valence-corrected chi connectivity index (χ3v) is 3.12. The molecule has 4 nitrogen and oxygen atoms in total. The van der Waals surface area contributed by atoms with Crippen molar-refractivity contribution in [2.75, 3.05) is 19.8 Å². The molecular weight excluding hydrogens is 252 g/mol. The van der Waals surface area contributed by atoms with E-state index in [2.05, 4.69) is 17.6 Å². The number of unbranched alkanes of at least 4 members (excludes halogenated alkanes) is 7. The van der Waals surface area contributed by atoms with Gasteiger partial charge in [-0.1, -0.05) is 51.5 Å². The predicted octanol–water partition coefficient (Wildman–Crippen LogP) is 2.73. The molecule has 0 spiro atoms. The highest BCUT2D eigenvalue weighted by Crippen LogP contribution is 2.06. The summed E-state index contributed by atoms with van der Waals surface area (Å²) in [7, 11) is 0. The lowest BCUT2D eigenvalue weighted by atomic mass is 10.1. The van der Waals surface area contributed by atoms with Crippen molar-refractivity contribution in [3.8, 4) is 0 Å². The molecule has 4 heteroatoms. The Morgan fingerprint density at radius 3 is 2.35 bits per heavy atom. The summed E-state index contributed by atoms with van der Waals surface area (Å²) in [5, 5.41) is 14.7. The molecule has 0 aliphatic heterocycles. The lowest BCUT2D eigenvalue weighted by molar-refractivity contribution is -0.116. The van der Waals surface area contributed by atoms with E-state index in [0.29, 0.717) is 13.3 Å². The van der Waals surface area contributed by atoms with Crippen LogP contribution in [0.3, 0.4) is 0 Å². The van der Waals surface area contributed by atoms with Crippen molar-refractivity contribution in [1.29, 1.82) is 0 Å². The smallest absolute Gasteiger partial charge is 0.244 e. The highest BCUT2D eigenvalue weighted by Gasteiger charge is 1.94. The number of nitrogens with one attached hydrogen (secondary N) is 2. The molecule has 0 aromatic carbocycles. The van der Waals surface area contributed by atoms with E-state index in [1.165, 1.54) is 25.7 Å². The Hall–Kier alpha value is -0.870. The number of carbonyl (C=O) groups is 1. The van der Waals surface area contributed by atoms with Gasteiger partial charge in [-0.25, -0.2) is 0 Å². The van der Waals surface area contributed by atoms with Crippen molar-refractivity contribution < 1.29 is 9.90 Å². The predicted molar refractivity (Wildman–Crippen MR) is 84.5 cm³/mol. The molecule has 0 unspecified atom stereocenters. The highest BCUT2D eigenvalue weighted by molar-refractivity contribution is 5.87. The first kappa shape index (κ1) is 19.1. The zero-order valence-corrected chi connectivity index (χ0v) is 13.0. The second kappa shape index (κ2) is 16.2. The average Bonchev–Trinajstić information content (AvgIpc) is 2.45. The number of carbonyl (C=O) groups excluding carboxylic acids is 1. The van der Waals surface area contributed by atoms with Crippen molar-refractivity contribution in [1.82, 2.24) is 10.6 Å². The molecule has 0 saturated carbocycles. The van der Waals surface area contributed by atoms with E-state index in [1.54, 1.807) is 6.08 Å². The zero-order valence-electron chi connectivity index (χ0n) is 13.0. The van der Waals surface area contributed by atoms with Crippen molar-refractivity contribution in [3.05, 3.63) is 12.2 Å². The Balaban J connectivity index is 3.14. The van der Waals surface area contributed by atoms with Crippen LogP contribution >= 0.6 is 0 Å². The van der Waals surface area contributed by atoms with Crippen LogP contribution in [0.2, 0.25) is 0 Å². The fourth-order valence-electron chi connectivity index (χ4n) is 1.90. The third-order valence-electron chi connectivity index (χ3n) is 3.12. The highest BCUT2D eigenvalue weighted by atomic mass is 16.2. The summed E-state index contributed by atoms with van der Waals surface area (Å²) in [6.07, 6.45) is 13.8. The van der Waals surface area contributed by atoms with Crippen molar-refractivity contribution in [2.45, 2.75) is 64.7 Å². The summed E-state index contributed by atoms with van der Waals surface area (Å²) in [6, 6.07) is 0. The van der Waals surface area contributed by atoms with Crippen LogP contribution in [0.5, 0.6) is 0 Å². The minimum atomic E-state index is -0.0187. The minimum Gasteiger partial charge on any atom is -0.396 e. The molecule has 3 N–H and O–H groups in total. The normalized spacial score (nSPS) is 11.1. The van der Waals surface area contributed by atoms with E-state index in [0.717, 1.165) is 38.6 Å². The van der Waals surface area contributed by atoms with Gasteiger partial charge in [-0.3, -0.25) is 10.1 Å². The zero-order chi connectivity index (χ0) is 14.9.